The van der Waals surface area contributed by atoms with Crippen LogP contribution in [0.5, 0.6) is 0 Å². The van der Waals surface area contributed by atoms with Gasteiger partial charge in [-0.05, 0) is 30.3 Å². The lowest BCUT2D eigenvalue weighted by Crippen LogP contribution is -1.72. The van der Waals surface area contributed by atoms with Gasteiger partial charge in [-0.2, -0.15) is 0 Å². The average molecular weight is 161 g/mol. The number of hydrogen-bond donors (Lipinski definition) is 1. The molecule has 12 heavy (non-hydrogen) atoms. The first-order valence-corrected chi connectivity index (χ1v) is 3.70. The highest BCUT2D eigenvalue weighted by molar-refractivity contribution is 5.82. The standard InChI is InChI=1S/C10H8FN/c1-2-9-5-7-3-4-8(11)6-10(7)12-9/h2-6,12H,1H2. The molecule has 2 aromatic rings. The molecule has 2 rings (SSSR count). The van der Waals surface area contributed by atoms with E-state index < -0.39 is 0 Å². The molecule has 0 aliphatic carbocycles. The molecule has 0 amide bonds. The van der Waals surface area contributed by atoms with Gasteiger partial charge in [0.05, 0.1) is 0 Å². The van der Waals surface area contributed by atoms with Crippen LogP contribution in [0, 0.1) is 5.82 Å². The second kappa shape index (κ2) is 2.48. The molecule has 0 aliphatic heterocycles. The number of aromatic amines is 1. The quantitative estimate of drug-likeness (QED) is 0.661. The number of benzene rings is 1. The molecule has 0 saturated carbocycles. The first-order chi connectivity index (χ1) is 5.79. The molecule has 1 nitrogen and oxygen atoms in total. The summed E-state index contributed by atoms with van der Waals surface area (Å²) >= 11 is 0. The van der Waals surface area contributed by atoms with Crippen molar-refractivity contribution in [3.63, 3.8) is 0 Å². The Hall–Kier alpha value is -1.57. The maximum atomic E-state index is 12.7. The lowest BCUT2D eigenvalue weighted by atomic mass is 10.2. The zero-order valence-electron chi connectivity index (χ0n) is 6.47. The fourth-order valence-electron chi connectivity index (χ4n) is 1.23. The van der Waals surface area contributed by atoms with Gasteiger partial charge < -0.3 is 4.98 Å². The summed E-state index contributed by atoms with van der Waals surface area (Å²) in [5.74, 6) is -0.222. The molecule has 0 fully saturated rings. The molecule has 0 radical (unpaired) electrons. The normalized spacial score (nSPS) is 10.4. The van der Waals surface area contributed by atoms with Crippen LogP contribution in [0.3, 0.4) is 0 Å². The van der Waals surface area contributed by atoms with Crippen LogP contribution in [0.25, 0.3) is 17.0 Å². The summed E-state index contributed by atoms with van der Waals surface area (Å²) in [7, 11) is 0. The van der Waals surface area contributed by atoms with Crippen LogP contribution in [0.2, 0.25) is 0 Å². The van der Waals surface area contributed by atoms with Gasteiger partial charge in [-0.1, -0.05) is 6.58 Å². The van der Waals surface area contributed by atoms with Crippen LogP contribution in [-0.2, 0) is 0 Å². The Morgan fingerprint density at radius 1 is 1.33 bits per heavy atom. The van der Waals surface area contributed by atoms with E-state index in [1.54, 1.807) is 12.1 Å². The van der Waals surface area contributed by atoms with Gasteiger partial charge in [-0.15, -0.1) is 0 Å². The van der Waals surface area contributed by atoms with Crippen molar-refractivity contribution in [3.8, 4) is 0 Å². The monoisotopic (exact) mass is 161 g/mol. The third-order valence-corrected chi connectivity index (χ3v) is 1.83. The van der Waals surface area contributed by atoms with Gasteiger partial charge in [0.2, 0.25) is 0 Å². The van der Waals surface area contributed by atoms with Gasteiger partial charge in [-0.25, -0.2) is 4.39 Å². The van der Waals surface area contributed by atoms with E-state index in [-0.39, 0.29) is 5.82 Å². The van der Waals surface area contributed by atoms with E-state index in [0.29, 0.717) is 0 Å². The summed E-state index contributed by atoms with van der Waals surface area (Å²) in [6, 6.07) is 6.60. The van der Waals surface area contributed by atoms with Gasteiger partial charge in [0.25, 0.3) is 0 Å². The Morgan fingerprint density at radius 3 is 2.92 bits per heavy atom. The van der Waals surface area contributed by atoms with Crippen molar-refractivity contribution in [3.05, 3.63) is 42.4 Å². The number of H-pyrrole nitrogens is 1. The molecule has 60 valence electrons. The lowest BCUT2D eigenvalue weighted by molar-refractivity contribution is 0.629. The molecule has 0 atom stereocenters. The zero-order valence-corrected chi connectivity index (χ0v) is 6.47. The van der Waals surface area contributed by atoms with E-state index in [0.717, 1.165) is 16.6 Å². The predicted molar refractivity (Wildman–Crippen MR) is 48.3 cm³/mol. The van der Waals surface area contributed by atoms with Crippen molar-refractivity contribution in [1.29, 1.82) is 0 Å². The molecule has 0 spiro atoms. The number of halogens is 1. The molecule has 2 heteroatoms. The molecule has 0 aliphatic rings. The summed E-state index contributed by atoms with van der Waals surface area (Å²) in [5.41, 5.74) is 1.72. The summed E-state index contributed by atoms with van der Waals surface area (Å²) in [4.78, 5) is 3.03. The largest absolute Gasteiger partial charge is 0.355 e. The molecule has 0 saturated heterocycles. The molecule has 0 bridgehead atoms. The maximum absolute atomic E-state index is 12.7. The molecule has 1 aromatic carbocycles. The van der Waals surface area contributed by atoms with E-state index in [1.165, 1.54) is 12.1 Å². The van der Waals surface area contributed by atoms with Crippen LogP contribution in [0.1, 0.15) is 5.69 Å². The fourth-order valence-corrected chi connectivity index (χ4v) is 1.23. The van der Waals surface area contributed by atoms with Crippen molar-refractivity contribution in [2.45, 2.75) is 0 Å². The maximum Gasteiger partial charge on any atom is 0.125 e. The van der Waals surface area contributed by atoms with E-state index >= 15 is 0 Å². The first-order valence-electron chi connectivity index (χ1n) is 3.70. The number of rotatable bonds is 1. The van der Waals surface area contributed by atoms with E-state index in [1.807, 2.05) is 6.07 Å². The molecular weight excluding hydrogens is 153 g/mol. The summed E-state index contributed by atoms with van der Waals surface area (Å²) in [5, 5.41) is 1.01. The Labute approximate surface area is 69.5 Å². The number of fused-ring (bicyclic) bond motifs is 1. The van der Waals surface area contributed by atoms with Crippen LogP contribution in [0.4, 0.5) is 4.39 Å². The Balaban J connectivity index is 2.75. The summed E-state index contributed by atoms with van der Waals surface area (Å²) in [6.45, 7) is 3.62. The minimum atomic E-state index is -0.222. The van der Waals surface area contributed by atoms with Gasteiger partial charge in [0.1, 0.15) is 5.82 Å². The molecule has 0 unspecified atom stereocenters. The van der Waals surface area contributed by atoms with E-state index in [4.69, 9.17) is 0 Å². The molecule has 1 N–H and O–H groups in total. The van der Waals surface area contributed by atoms with E-state index in [9.17, 15) is 4.39 Å². The topological polar surface area (TPSA) is 15.8 Å². The van der Waals surface area contributed by atoms with Crippen LogP contribution in [-0.4, -0.2) is 4.98 Å². The third kappa shape index (κ3) is 1.01. The van der Waals surface area contributed by atoms with Crippen molar-refractivity contribution in [2.24, 2.45) is 0 Å². The van der Waals surface area contributed by atoms with Crippen LogP contribution < -0.4 is 0 Å². The minimum absolute atomic E-state index is 0.222. The van der Waals surface area contributed by atoms with Gasteiger partial charge >= 0.3 is 0 Å². The first kappa shape index (κ1) is 7.10. The highest BCUT2D eigenvalue weighted by Gasteiger charge is 1.98. The number of aromatic nitrogens is 1. The van der Waals surface area contributed by atoms with Gasteiger partial charge in [0, 0.05) is 16.6 Å². The average Bonchev–Trinajstić information content (AvgIpc) is 2.46. The predicted octanol–water partition coefficient (Wildman–Crippen LogP) is 2.95. The zero-order chi connectivity index (χ0) is 8.55. The fraction of sp³-hybridized carbons (Fsp3) is 0. The molecule has 1 heterocycles. The SMILES string of the molecule is C=Cc1cc2ccc(F)cc2[nH]1. The second-order valence-electron chi connectivity index (χ2n) is 2.66. The van der Waals surface area contributed by atoms with E-state index in [2.05, 4.69) is 11.6 Å². The summed E-state index contributed by atoms with van der Waals surface area (Å²) in [6.07, 6.45) is 1.71. The van der Waals surface area contributed by atoms with Crippen molar-refractivity contribution in [1.82, 2.24) is 4.98 Å². The van der Waals surface area contributed by atoms with Gasteiger partial charge in [0.15, 0.2) is 0 Å². The highest BCUT2D eigenvalue weighted by Crippen LogP contribution is 2.16. The van der Waals surface area contributed by atoms with Crippen LogP contribution >= 0.6 is 0 Å². The molecule has 1 aromatic heterocycles. The second-order valence-corrected chi connectivity index (χ2v) is 2.66. The highest BCUT2D eigenvalue weighted by atomic mass is 19.1. The smallest absolute Gasteiger partial charge is 0.125 e. The number of hydrogen-bond acceptors (Lipinski definition) is 0. The summed E-state index contributed by atoms with van der Waals surface area (Å²) < 4.78 is 12.7. The van der Waals surface area contributed by atoms with Gasteiger partial charge in [-0.3, -0.25) is 0 Å². The minimum Gasteiger partial charge on any atom is -0.355 e. The van der Waals surface area contributed by atoms with Crippen molar-refractivity contribution < 1.29 is 4.39 Å². The van der Waals surface area contributed by atoms with Crippen molar-refractivity contribution in [2.75, 3.05) is 0 Å². The van der Waals surface area contributed by atoms with Crippen molar-refractivity contribution >= 4 is 17.0 Å². The Bertz CT molecular complexity index is 428. The lowest BCUT2D eigenvalue weighted by Gasteiger charge is -1.87. The Morgan fingerprint density at radius 2 is 2.17 bits per heavy atom. The number of nitrogens with one attached hydrogen (secondary N) is 1. The molecular formula is C10H8FN. The van der Waals surface area contributed by atoms with Crippen LogP contribution in [0.15, 0.2) is 30.8 Å². The Kier molecular flexibility index (Phi) is 1.47. The third-order valence-electron chi connectivity index (χ3n) is 1.83.